The second-order valence-electron chi connectivity index (χ2n) is 5.96. The van der Waals surface area contributed by atoms with E-state index in [-0.39, 0.29) is 11.7 Å². The predicted molar refractivity (Wildman–Crippen MR) is 101 cm³/mol. The molecular weight excluding hydrogens is 354 g/mol. The molecule has 5 nitrogen and oxygen atoms in total. The van der Waals surface area contributed by atoms with Gasteiger partial charge >= 0.3 is 0 Å². The quantitative estimate of drug-likeness (QED) is 0.662. The molecule has 3 aromatic rings. The van der Waals surface area contributed by atoms with Crippen LogP contribution < -0.4 is 0 Å². The van der Waals surface area contributed by atoms with Crippen molar-refractivity contribution in [1.82, 2.24) is 14.8 Å². The molecule has 0 bridgehead atoms. The Bertz CT molecular complexity index is 863. The summed E-state index contributed by atoms with van der Waals surface area (Å²) in [6, 6.07) is 11.6. The number of thiophene rings is 1. The molecule has 25 heavy (non-hydrogen) atoms. The minimum absolute atomic E-state index is 0.00886. The molecule has 0 N–H and O–H groups in total. The van der Waals surface area contributed by atoms with Crippen LogP contribution in [0.2, 0.25) is 0 Å². The van der Waals surface area contributed by atoms with Crippen molar-refractivity contribution < 1.29 is 9.59 Å². The number of hydrogen-bond donors (Lipinski definition) is 0. The number of carbonyl (C=O) groups excluding carboxylic acids is 2. The smallest absolute Gasteiger partial charge is 0.282 e. The average molecular weight is 371 g/mol. The van der Waals surface area contributed by atoms with Crippen LogP contribution >= 0.6 is 22.7 Å². The summed E-state index contributed by atoms with van der Waals surface area (Å²) in [6.45, 7) is 3.12. The number of piperazine rings is 1. The fraction of sp³-hybridized carbons (Fsp3) is 0.278. The highest BCUT2D eigenvalue weighted by Crippen LogP contribution is 2.23. The van der Waals surface area contributed by atoms with Crippen molar-refractivity contribution in [2.24, 2.45) is 0 Å². The minimum atomic E-state index is -0.00886. The molecule has 1 saturated heterocycles. The number of thiazole rings is 1. The lowest BCUT2D eigenvalue weighted by molar-refractivity contribution is 0.0625. The van der Waals surface area contributed by atoms with Crippen LogP contribution in [-0.2, 0) is 0 Å². The number of para-hydroxylation sites is 1. The van der Waals surface area contributed by atoms with Crippen LogP contribution in [0.15, 0.2) is 41.8 Å². The molecule has 1 amide bonds. The van der Waals surface area contributed by atoms with E-state index >= 15 is 0 Å². The number of aromatic nitrogens is 1. The molecule has 3 heterocycles. The van der Waals surface area contributed by atoms with Gasteiger partial charge in [-0.2, -0.15) is 0 Å². The number of hydrogen-bond acceptors (Lipinski definition) is 6. The number of nitrogens with zero attached hydrogens (tertiary/aromatic N) is 3. The third-order valence-electron chi connectivity index (χ3n) is 4.30. The molecule has 128 valence electrons. The van der Waals surface area contributed by atoms with Gasteiger partial charge in [0, 0.05) is 26.2 Å². The lowest BCUT2D eigenvalue weighted by Gasteiger charge is -2.33. The van der Waals surface area contributed by atoms with Gasteiger partial charge in [-0.3, -0.25) is 14.5 Å². The summed E-state index contributed by atoms with van der Waals surface area (Å²) in [6.07, 6.45) is 0. The van der Waals surface area contributed by atoms with Crippen LogP contribution in [0.4, 0.5) is 0 Å². The van der Waals surface area contributed by atoms with Gasteiger partial charge in [0.05, 0.1) is 21.6 Å². The number of rotatable bonds is 4. The van der Waals surface area contributed by atoms with Gasteiger partial charge in [-0.1, -0.05) is 18.2 Å². The Morgan fingerprint density at radius 1 is 1.04 bits per heavy atom. The maximum Gasteiger partial charge on any atom is 0.282 e. The van der Waals surface area contributed by atoms with Gasteiger partial charge in [0.15, 0.2) is 10.8 Å². The zero-order valence-electron chi connectivity index (χ0n) is 13.6. The highest BCUT2D eigenvalue weighted by molar-refractivity contribution is 7.20. The molecule has 0 saturated carbocycles. The van der Waals surface area contributed by atoms with E-state index in [1.54, 1.807) is 0 Å². The Labute approximate surface area is 153 Å². The topological polar surface area (TPSA) is 53.5 Å². The first-order valence-corrected chi connectivity index (χ1v) is 9.84. The highest BCUT2D eigenvalue weighted by atomic mass is 32.1. The van der Waals surface area contributed by atoms with E-state index in [0.717, 1.165) is 15.1 Å². The lowest BCUT2D eigenvalue weighted by atomic mass is 10.2. The molecule has 4 rings (SSSR count). The van der Waals surface area contributed by atoms with Gasteiger partial charge in [0.2, 0.25) is 0 Å². The second-order valence-corrected chi connectivity index (χ2v) is 7.93. The third-order valence-corrected chi connectivity index (χ3v) is 6.23. The first kappa shape index (κ1) is 16.4. The molecule has 0 atom stereocenters. The van der Waals surface area contributed by atoms with E-state index < -0.39 is 0 Å². The predicted octanol–water partition coefficient (Wildman–Crippen LogP) is 3.00. The number of fused-ring (bicyclic) bond motifs is 1. The normalized spacial score (nSPS) is 15.6. The Morgan fingerprint density at radius 2 is 1.84 bits per heavy atom. The van der Waals surface area contributed by atoms with Gasteiger partial charge in [-0.05, 0) is 23.6 Å². The molecule has 0 aliphatic carbocycles. The molecular formula is C18H17N3O2S2. The summed E-state index contributed by atoms with van der Waals surface area (Å²) in [7, 11) is 0. The van der Waals surface area contributed by atoms with E-state index in [4.69, 9.17) is 0 Å². The zero-order chi connectivity index (χ0) is 17.2. The Hall–Kier alpha value is -2.09. The minimum Gasteiger partial charge on any atom is -0.334 e. The van der Waals surface area contributed by atoms with E-state index in [0.29, 0.717) is 37.7 Å². The molecule has 7 heteroatoms. The van der Waals surface area contributed by atoms with Crippen LogP contribution in [0.1, 0.15) is 19.5 Å². The number of Topliss-reactive ketones (excluding diaryl/α,β-unsaturated/α-hetero) is 1. The average Bonchev–Trinajstić information content (AvgIpc) is 3.31. The molecule has 1 aromatic carbocycles. The molecule has 0 unspecified atom stereocenters. The number of ketones is 1. The van der Waals surface area contributed by atoms with Crippen LogP contribution in [0.3, 0.4) is 0 Å². The van der Waals surface area contributed by atoms with Crippen LogP contribution in [-0.4, -0.2) is 59.2 Å². The van der Waals surface area contributed by atoms with Crippen molar-refractivity contribution in [2.75, 3.05) is 32.7 Å². The molecule has 0 radical (unpaired) electrons. The standard InChI is InChI=1S/C18H17N3O2S2/c22-14(16-6-3-11-24-16)12-20-7-9-21(10-8-20)18(23)17-19-13-4-1-2-5-15(13)25-17/h1-6,11H,7-10,12H2. The Balaban J connectivity index is 1.36. The molecule has 1 aliphatic rings. The molecule has 1 aliphatic heterocycles. The fourth-order valence-electron chi connectivity index (χ4n) is 2.93. The van der Waals surface area contributed by atoms with Crippen molar-refractivity contribution in [2.45, 2.75) is 0 Å². The largest absolute Gasteiger partial charge is 0.334 e. The first-order valence-electron chi connectivity index (χ1n) is 8.14. The van der Waals surface area contributed by atoms with Crippen LogP contribution in [0, 0.1) is 0 Å². The maximum atomic E-state index is 12.7. The molecule has 1 fully saturated rings. The monoisotopic (exact) mass is 371 g/mol. The SMILES string of the molecule is O=C(CN1CCN(C(=O)c2nc3ccccc3s2)CC1)c1cccs1. The summed E-state index contributed by atoms with van der Waals surface area (Å²) >= 11 is 2.92. The van der Waals surface area contributed by atoms with Gasteiger partial charge in [-0.25, -0.2) is 4.98 Å². The van der Waals surface area contributed by atoms with Crippen molar-refractivity contribution in [3.05, 3.63) is 51.7 Å². The van der Waals surface area contributed by atoms with Crippen LogP contribution in [0.5, 0.6) is 0 Å². The maximum absolute atomic E-state index is 12.7. The van der Waals surface area contributed by atoms with Crippen molar-refractivity contribution in [3.63, 3.8) is 0 Å². The van der Waals surface area contributed by atoms with Crippen molar-refractivity contribution >= 4 is 44.6 Å². The van der Waals surface area contributed by atoms with Crippen molar-refractivity contribution in [1.29, 1.82) is 0 Å². The van der Waals surface area contributed by atoms with E-state index in [1.165, 1.54) is 22.7 Å². The summed E-state index contributed by atoms with van der Waals surface area (Å²) in [5.41, 5.74) is 0.871. The number of amides is 1. The summed E-state index contributed by atoms with van der Waals surface area (Å²) in [4.78, 5) is 34.1. The van der Waals surface area contributed by atoms with E-state index in [1.807, 2.05) is 46.7 Å². The zero-order valence-corrected chi connectivity index (χ0v) is 15.2. The number of benzene rings is 1. The Kier molecular flexibility index (Phi) is 4.61. The first-order chi connectivity index (χ1) is 12.2. The van der Waals surface area contributed by atoms with Gasteiger partial charge in [0.1, 0.15) is 0 Å². The Morgan fingerprint density at radius 3 is 2.56 bits per heavy atom. The van der Waals surface area contributed by atoms with E-state index in [9.17, 15) is 9.59 Å². The fourth-order valence-corrected chi connectivity index (χ4v) is 4.52. The summed E-state index contributed by atoms with van der Waals surface area (Å²) < 4.78 is 1.03. The molecule has 0 spiro atoms. The molecule has 2 aromatic heterocycles. The van der Waals surface area contributed by atoms with Gasteiger partial charge in [0.25, 0.3) is 5.91 Å². The van der Waals surface area contributed by atoms with Gasteiger partial charge in [-0.15, -0.1) is 22.7 Å². The lowest BCUT2D eigenvalue weighted by Crippen LogP contribution is -2.49. The van der Waals surface area contributed by atoms with Crippen molar-refractivity contribution in [3.8, 4) is 0 Å². The number of carbonyl (C=O) groups is 2. The second kappa shape index (κ2) is 7.03. The van der Waals surface area contributed by atoms with Gasteiger partial charge < -0.3 is 4.90 Å². The summed E-state index contributed by atoms with van der Waals surface area (Å²) in [5, 5.41) is 2.46. The third kappa shape index (κ3) is 3.49. The van der Waals surface area contributed by atoms with Crippen LogP contribution in [0.25, 0.3) is 10.2 Å². The highest BCUT2D eigenvalue weighted by Gasteiger charge is 2.25. The van der Waals surface area contributed by atoms with E-state index in [2.05, 4.69) is 9.88 Å². The summed E-state index contributed by atoms with van der Waals surface area (Å²) in [5.74, 6) is 0.145.